The summed E-state index contributed by atoms with van der Waals surface area (Å²) in [5, 5.41) is 1.11. The second-order valence-corrected chi connectivity index (χ2v) is 12.8. The minimum absolute atomic E-state index is 0.0351. The van der Waals surface area contributed by atoms with Crippen LogP contribution in [0.15, 0.2) is 164 Å². The highest BCUT2D eigenvalue weighted by atomic mass is 16.8. The van der Waals surface area contributed by atoms with Crippen LogP contribution < -0.4 is 0 Å². The summed E-state index contributed by atoms with van der Waals surface area (Å²) in [5.74, 6) is 0. The molecular weight excluding hydrogens is 682 g/mol. The molecule has 0 aliphatic carbocycles. The number of hydroxylamine groups is 2. The molecule has 0 radical (unpaired) electrons. The lowest BCUT2D eigenvalue weighted by molar-refractivity contribution is -0.342. The van der Waals surface area contributed by atoms with Crippen molar-refractivity contribution in [3.05, 3.63) is 192 Å². The number of nitrogens with zero attached hydrogens (tertiary/aromatic N) is 1. The van der Waals surface area contributed by atoms with Gasteiger partial charge < -0.3 is 28.4 Å². The molecule has 1 saturated heterocycles. The van der Waals surface area contributed by atoms with E-state index in [9.17, 15) is 4.79 Å². The van der Waals surface area contributed by atoms with Crippen molar-refractivity contribution in [1.82, 2.24) is 5.06 Å². The van der Waals surface area contributed by atoms with Gasteiger partial charge in [0.25, 0.3) is 0 Å². The SMILES string of the molecule is C=CCOC(=O)N(OCc1ccccc1)C1O[C@H](COCc2ccccc2)[C@@H](OCc2ccccc2)[C@H](OCc2ccccc2)[C@H]1OCc1ccccc1. The maximum Gasteiger partial charge on any atom is 0.436 e. The van der Waals surface area contributed by atoms with Crippen molar-refractivity contribution in [2.24, 2.45) is 0 Å². The number of hydrogen-bond donors (Lipinski definition) is 0. The fraction of sp³-hybridized carbons (Fsp3) is 0.267. The number of carbonyl (C=O) groups is 1. The first-order valence-electron chi connectivity index (χ1n) is 18.2. The molecule has 1 unspecified atom stereocenters. The molecule has 280 valence electrons. The predicted octanol–water partition coefficient (Wildman–Crippen LogP) is 8.44. The number of rotatable bonds is 19. The number of amides is 1. The van der Waals surface area contributed by atoms with Crippen molar-refractivity contribution >= 4 is 6.09 Å². The van der Waals surface area contributed by atoms with Crippen LogP contribution >= 0.6 is 0 Å². The van der Waals surface area contributed by atoms with Crippen LogP contribution in [0.5, 0.6) is 0 Å². The summed E-state index contributed by atoms with van der Waals surface area (Å²) in [7, 11) is 0. The predicted molar refractivity (Wildman–Crippen MR) is 204 cm³/mol. The van der Waals surface area contributed by atoms with Crippen LogP contribution in [-0.2, 0) is 66.3 Å². The summed E-state index contributed by atoms with van der Waals surface area (Å²) in [6.07, 6.45) is -3.51. The summed E-state index contributed by atoms with van der Waals surface area (Å²) < 4.78 is 39.1. The Morgan fingerprint density at radius 1 is 0.556 bits per heavy atom. The molecule has 1 aliphatic rings. The zero-order chi connectivity index (χ0) is 37.2. The Morgan fingerprint density at radius 3 is 1.43 bits per heavy atom. The number of ether oxygens (including phenoxy) is 6. The average molecular weight is 730 g/mol. The average Bonchev–Trinajstić information content (AvgIpc) is 3.23. The lowest BCUT2D eigenvalue weighted by atomic mass is 9.96. The molecule has 0 saturated carbocycles. The van der Waals surface area contributed by atoms with Crippen molar-refractivity contribution < 1.29 is 38.1 Å². The van der Waals surface area contributed by atoms with E-state index in [0.29, 0.717) is 6.61 Å². The van der Waals surface area contributed by atoms with E-state index >= 15 is 0 Å². The maximum absolute atomic E-state index is 13.9. The van der Waals surface area contributed by atoms with Crippen LogP contribution in [0.2, 0.25) is 0 Å². The summed E-state index contributed by atoms with van der Waals surface area (Å²) >= 11 is 0. The molecule has 1 heterocycles. The minimum Gasteiger partial charge on any atom is -0.444 e. The van der Waals surface area contributed by atoms with Crippen LogP contribution in [0.4, 0.5) is 4.79 Å². The summed E-state index contributed by atoms with van der Waals surface area (Å²) in [6.45, 7) is 4.94. The number of benzene rings is 5. The summed E-state index contributed by atoms with van der Waals surface area (Å²) in [5.41, 5.74) is 4.73. The first-order valence-corrected chi connectivity index (χ1v) is 18.2. The second-order valence-electron chi connectivity index (χ2n) is 12.8. The second kappa shape index (κ2) is 20.9. The van der Waals surface area contributed by atoms with E-state index in [1.54, 1.807) is 0 Å². The van der Waals surface area contributed by atoms with Crippen LogP contribution in [0.25, 0.3) is 0 Å². The van der Waals surface area contributed by atoms with Crippen molar-refractivity contribution in [3.63, 3.8) is 0 Å². The molecule has 1 aliphatic heterocycles. The molecular formula is C45H47NO8. The van der Waals surface area contributed by atoms with Gasteiger partial charge in [-0.2, -0.15) is 5.06 Å². The number of hydrogen-bond acceptors (Lipinski definition) is 8. The Balaban J connectivity index is 1.38. The highest BCUT2D eigenvalue weighted by Gasteiger charge is 2.52. The molecule has 0 N–H and O–H groups in total. The Morgan fingerprint density at radius 2 is 0.963 bits per heavy atom. The van der Waals surface area contributed by atoms with Gasteiger partial charge in [-0.15, -0.1) is 0 Å². The van der Waals surface area contributed by atoms with Gasteiger partial charge in [0, 0.05) is 0 Å². The van der Waals surface area contributed by atoms with Gasteiger partial charge in [0.1, 0.15) is 37.6 Å². The molecule has 0 aromatic heterocycles. The fourth-order valence-corrected chi connectivity index (χ4v) is 6.10. The zero-order valence-electron chi connectivity index (χ0n) is 30.3. The molecule has 6 rings (SSSR count). The Bertz CT molecular complexity index is 1800. The van der Waals surface area contributed by atoms with Crippen molar-refractivity contribution in [2.75, 3.05) is 13.2 Å². The quantitative estimate of drug-likeness (QED) is 0.0619. The summed E-state index contributed by atoms with van der Waals surface area (Å²) in [4.78, 5) is 20.2. The molecule has 5 aromatic carbocycles. The first kappa shape index (κ1) is 38.6. The van der Waals surface area contributed by atoms with Crippen LogP contribution in [0.3, 0.4) is 0 Å². The van der Waals surface area contributed by atoms with Crippen molar-refractivity contribution in [1.29, 1.82) is 0 Å². The van der Waals surface area contributed by atoms with E-state index < -0.39 is 36.7 Å². The molecule has 9 heteroatoms. The molecule has 5 aromatic rings. The van der Waals surface area contributed by atoms with E-state index in [-0.39, 0.29) is 39.6 Å². The minimum atomic E-state index is -1.14. The molecule has 1 fully saturated rings. The van der Waals surface area contributed by atoms with Gasteiger partial charge in [0.05, 0.1) is 33.0 Å². The smallest absolute Gasteiger partial charge is 0.436 e. The van der Waals surface area contributed by atoms with E-state index in [0.717, 1.165) is 32.9 Å². The lowest BCUT2D eigenvalue weighted by Crippen LogP contribution is -2.66. The van der Waals surface area contributed by atoms with Crippen LogP contribution in [-0.4, -0.2) is 55.0 Å². The first-order chi connectivity index (χ1) is 26.7. The Hall–Kier alpha value is -5.13. The van der Waals surface area contributed by atoms with Crippen molar-refractivity contribution in [2.45, 2.75) is 63.7 Å². The van der Waals surface area contributed by atoms with E-state index in [4.69, 9.17) is 33.3 Å². The van der Waals surface area contributed by atoms with Gasteiger partial charge in [-0.1, -0.05) is 164 Å². The third kappa shape index (κ3) is 11.4. The van der Waals surface area contributed by atoms with Crippen LogP contribution in [0.1, 0.15) is 27.8 Å². The van der Waals surface area contributed by atoms with E-state index in [1.807, 2.05) is 152 Å². The highest BCUT2D eigenvalue weighted by molar-refractivity contribution is 5.66. The van der Waals surface area contributed by atoms with Gasteiger partial charge in [-0.3, -0.25) is 4.84 Å². The van der Waals surface area contributed by atoms with E-state index in [2.05, 4.69) is 6.58 Å². The van der Waals surface area contributed by atoms with Gasteiger partial charge in [-0.25, -0.2) is 4.79 Å². The van der Waals surface area contributed by atoms with Gasteiger partial charge in [0.2, 0.25) is 0 Å². The zero-order valence-corrected chi connectivity index (χ0v) is 30.3. The molecule has 9 nitrogen and oxygen atoms in total. The normalized spacial score (nSPS) is 19.5. The largest absolute Gasteiger partial charge is 0.444 e. The molecule has 5 atom stereocenters. The highest BCUT2D eigenvalue weighted by Crippen LogP contribution is 2.33. The van der Waals surface area contributed by atoms with Gasteiger partial charge >= 0.3 is 6.09 Å². The summed E-state index contributed by atoms with van der Waals surface area (Å²) in [6, 6.07) is 49.1. The molecule has 0 spiro atoms. The third-order valence-electron chi connectivity index (χ3n) is 8.81. The topological polar surface area (TPSA) is 84.9 Å². The van der Waals surface area contributed by atoms with Crippen molar-refractivity contribution in [3.8, 4) is 0 Å². The van der Waals surface area contributed by atoms with Gasteiger partial charge in [0.15, 0.2) is 6.23 Å². The standard InChI is InChI=1S/C45H47NO8/c1-2-28-49-45(47)46(53-33-39-26-16-7-17-27-39)44-43(52-32-38-24-14-6-15-25-38)42(51-31-37-22-12-5-13-23-37)41(50-30-36-20-10-4-11-21-36)40(54-44)34-48-29-35-18-8-3-9-19-35/h2-27,40-44H,1,28-34H2/t40-,41-,42+,43-,44?/m1/s1. The Labute approximate surface area is 317 Å². The monoisotopic (exact) mass is 729 g/mol. The molecule has 1 amide bonds. The lowest BCUT2D eigenvalue weighted by Gasteiger charge is -2.48. The Kier molecular flexibility index (Phi) is 15.0. The maximum atomic E-state index is 13.9. The van der Waals surface area contributed by atoms with Crippen LogP contribution in [0, 0.1) is 0 Å². The third-order valence-corrected chi connectivity index (χ3v) is 8.81. The van der Waals surface area contributed by atoms with Gasteiger partial charge in [-0.05, 0) is 27.8 Å². The van der Waals surface area contributed by atoms with E-state index in [1.165, 1.54) is 6.08 Å². The number of carbonyl (C=O) groups excluding carboxylic acids is 1. The molecule has 54 heavy (non-hydrogen) atoms. The molecule has 0 bridgehead atoms. The fourth-order valence-electron chi connectivity index (χ4n) is 6.10.